The molecule has 0 amide bonds. The standard InChI is InChI=1S/C24H30ClN3/c1-4-28(5-2)15-9-10-18(3)27-24-21-14-13-20(25)16-23(21)26-17-22(24)19-11-7-6-8-12-19/h6-8,11-14,16-18H,4-5,9-10,15H2,1-3H3,(H,26,27)/t18-/m1/s1. The lowest BCUT2D eigenvalue weighted by Crippen LogP contribution is -2.25. The van der Waals surface area contributed by atoms with Crippen molar-refractivity contribution in [2.24, 2.45) is 0 Å². The summed E-state index contributed by atoms with van der Waals surface area (Å²) >= 11 is 6.19. The zero-order chi connectivity index (χ0) is 19.9. The van der Waals surface area contributed by atoms with Crippen LogP contribution in [0.25, 0.3) is 22.0 Å². The molecular formula is C24H30ClN3. The lowest BCUT2D eigenvalue weighted by molar-refractivity contribution is 0.295. The van der Waals surface area contributed by atoms with Crippen molar-refractivity contribution < 1.29 is 0 Å². The van der Waals surface area contributed by atoms with Gasteiger partial charge in [-0.3, -0.25) is 4.98 Å². The van der Waals surface area contributed by atoms with Gasteiger partial charge in [-0.15, -0.1) is 0 Å². The van der Waals surface area contributed by atoms with Crippen molar-refractivity contribution >= 4 is 28.2 Å². The Labute approximate surface area is 173 Å². The molecule has 0 aliphatic carbocycles. The number of anilines is 1. The fourth-order valence-electron chi connectivity index (χ4n) is 3.64. The third-order valence-corrected chi connectivity index (χ3v) is 5.55. The van der Waals surface area contributed by atoms with Gasteiger partial charge in [-0.25, -0.2) is 0 Å². The average molecular weight is 396 g/mol. The van der Waals surface area contributed by atoms with Crippen LogP contribution in [0.2, 0.25) is 5.02 Å². The van der Waals surface area contributed by atoms with Crippen LogP contribution in [0.4, 0.5) is 5.69 Å². The van der Waals surface area contributed by atoms with Crippen LogP contribution in [0.15, 0.2) is 54.7 Å². The molecule has 0 bridgehead atoms. The van der Waals surface area contributed by atoms with E-state index in [4.69, 9.17) is 11.6 Å². The molecule has 1 atom stereocenters. The highest BCUT2D eigenvalue weighted by Crippen LogP contribution is 2.35. The highest BCUT2D eigenvalue weighted by Gasteiger charge is 2.14. The first-order valence-corrected chi connectivity index (χ1v) is 10.6. The summed E-state index contributed by atoms with van der Waals surface area (Å²) in [4.78, 5) is 7.14. The van der Waals surface area contributed by atoms with E-state index in [0.717, 1.165) is 48.2 Å². The van der Waals surface area contributed by atoms with Gasteiger partial charge in [-0.2, -0.15) is 0 Å². The van der Waals surface area contributed by atoms with Gasteiger partial charge in [0.2, 0.25) is 0 Å². The summed E-state index contributed by atoms with van der Waals surface area (Å²) in [5, 5.41) is 5.61. The van der Waals surface area contributed by atoms with Crippen LogP contribution in [0.3, 0.4) is 0 Å². The number of nitrogens with zero attached hydrogens (tertiary/aromatic N) is 2. The number of hydrogen-bond acceptors (Lipinski definition) is 3. The van der Waals surface area contributed by atoms with Crippen molar-refractivity contribution in [2.75, 3.05) is 25.0 Å². The Morgan fingerprint density at radius 1 is 1.07 bits per heavy atom. The second-order valence-electron chi connectivity index (χ2n) is 7.29. The van der Waals surface area contributed by atoms with Crippen molar-refractivity contribution in [3.63, 3.8) is 0 Å². The molecule has 28 heavy (non-hydrogen) atoms. The minimum atomic E-state index is 0.374. The number of aromatic nitrogens is 1. The van der Waals surface area contributed by atoms with Crippen molar-refractivity contribution in [3.8, 4) is 11.1 Å². The van der Waals surface area contributed by atoms with E-state index in [2.05, 4.69) is 66.3 Å². The first-order valence-electron chi connectivity index (χ1n) is 10.2. The maximum absolute atomic E-state index is 6.19. The van der Waals surface area contributed by atoms with E-state index in [0.29, 0.717) is 11.1 Å². The summed E-state index contributed by atoms with van der Waals surface area (Å²) in [5.74, 6) is 0. The molecule has 2 aromatic carbocycles. The zero-order valence-electron chi connectivity index (χ0n) is 17.1. The van der Waals surface area contributed by atoms with E-state index in [-0.39, 0.29) is 0 Å². The van der Waals surface area contributed by atoms with Crippen molar-refractivity contribution in [2.45, 2.75) is 39.7 Å². The number of pyridine rings is 1. The second kappa shape index (κ2) is 9.90. The maximum Gasteiger partial charge on any atom is 0.0738 e. The van der Waals surface area contributed by atoms with Gasteiger partial charge in [0.1, 0.15) is 0 Å². The molecule has 0 fully saturated rings. The molecule has 0 aliphatic heterocycles. The molecule has 0 saturated heterocycles. The van der Waals surface area contributed by atoms with E-state index in [1.807, 2.05) is 24.4 Å². The Morgan fingerprint density at radius 3 is 2.54 bits per heavy atom. The van der Waals surface area contributed by atoms with Gasteiger partial charge < -0.3 is 10.2 Å². The van der Waals surface area contributed by atoms with Gasteiger partial charge in [0.15, 0.2) is 0 Å². The summed E-state index contributed by atoms with van der Waals surface area (Å²) in [6, 6.07) is 16.8. The highest BCUT2D eigenvalue weighted by molar-refractivity contribution is 6.31. The number of halogens is 1. The van der Waals surface area contributed by atoms with Gasteiger partial charge in [0.25, 0.3) is 0 Å². The smallest absolute Gasteiger partial charge is 0.0738 e. The fraction of sp³-hybridized carbons (Fsp3) is 0.375. The molecule has 0 aliphatic rings. The van der Waals surface area contributed by atoms with Crippen LogP contribution in [-0.4, -0.2) is 35.6 Å². The van der Waals surface area contributed by atoms with E-state index in [9.17, 15) is 0 Å². The first-order chi connectivity index (χ1) is 13.6. The number of fused-ring (bicyclic) bond motifs is 1. The van der Waals surface area contributed by atoms with Gasteiger partial charge in [-0.1, -0.05) is 55.8 Å². The van der Waals surface area contributed by atoms with Crippen LogP contribution in [0.5, 0.6) is 0 Å². The third kappa shape index (κ3) is 5.03. The minimum absolute atomic E-state index is 0.374. The fourth-order valence-corrected chi connectivity index (χ4v) is 3.80. The van der Waals surface area contributed by atoms with E-state index >= 15 is 0 Å². The summed E-state index contributed by atoms with van der Waals surface area (Å²) in [6.45, 7) is 10.1. The van der Waals surface area contributed by atoms with Gasteiger partial charge in [0, 0.05) is 28.2 Å². The van der Waals surface area contributed by atoms with Crippen molar-refractivity contribution in [3.05, 3.63) is 59.8 Å². The number of nitrogens with one attached hydrogen (secondary N) is 1. The number of hydrogen-bond donors (Lipinski definition) is 1. The van der Waals surface area contributed by atoms with Crippen molar-refractivity contribution in [1.82, 2.24) is 9.88 Å². The van der Waals surface area contributed by atoms with Crippen LogP contribution in [-0.2, 0) is 0 Å². The number of benzene rings is 2. The monoisotopic (exact) mass is 395 g/mol. The first kappa shape index (κ1) is 20.6. The summed E-state index contributed by atoms with van der Waals surface area (Å²) in [6.07, 6.45) is 4.27. The highest BCUT2D eigenvalue weighted by atomic mass is 35.5. The molecule has 3 aromatic rings. The van der Waals surface area contributed by atoms with Crippen LogP contribution in [0, 0.1) is 0 Å². The van der Waals surface area contributed by atoms with Gasteiger partial charge >= 0.3 is 0 Å². The van der Waals surface area contributed by atoms with E-state index in [1.54, 1.807) is 0 Å². The Morgan fingerprint density at radius 2 is 1.82 bits per heavy atom. The Balaban J connectivity index is 1.87. The Kier molecular flexibility index (Phi) is 7.30. The molecule has 0 radical (unpaired) electrons. The molecular weight excluding hydrogens is 366 g/mol. The quantitative estimate of drug-likeness (QED) is 0.449. The largest absolute Gasteiger partial charge is 0.381 e. The molecule has 0 unspecified atom stereocenters. The predicted molar refractivity (Wildman–Crippen MR) is 122 cm³/mol. The van der Waals surface area contributed by atoms with Gasteiger partial charge in [-0.05, 0) is 63.2 Å². The Hall–Kier alpha value is -2.10. The topological polar surface area (TPSA) is 28.2 Å². The normalized spacial score (nSPS) is 12.5. The maximum atomic E-state index is 6.19. The summed E-state index contributed by atoms with van der Waals surface area (Å²) < 4.78 is 0. The molecule has 1 heterocycles. The second-order valence-corrected chi connectivity index (χ2v) is 7.73. The summed E-state index contributed by atoms with van der Waals surface area (Å²) in [7, 11) is 0. The molecule has 0 saturated carbocycles. The Bertz CT molecular complexity index is 891. The minimum Gasteiger partial charge on any atom is -0.381 e. The lowest BCUT2D eigenvalue weighted by atomic mass is 10.0. The van der Waals surface area contributed by atoms with Crippen LogP contribution in [0.1, 0.15) is 33.6 Å². The average Bonchev–Trinajstić information content (AvgIpc) is 2.72. The van der Waals surface area contributed by atoms with Gasteiger partial charge in [0.05, 0.1) is 11.2 Å². The molecule has 3 rings (SSSR count). The lowest BCUT2D eigenvalue weighted by Gasteiger charge is -2.22. The predicted octanol–water partition coefficient (Wildman–Crippen LogP) is 6.48. The molecule has 148 valence electrons. The summed E-state index contributed by atoms with van der Waals surface area (Å²) in [5.41, 5.74) is 4.36. The number of rotatable bonds is 9. The molecule has 1 aromatic heterocycles. The van der Waals surface area contributed by atoms with E-state index < -0.39 is 0 Å². The molecule has 3 nitrogen and oxygen atoms in total. The van der Waals surface area contributed by atoms with Crippen LogP contribution >= 0.6 is 11.6 Å². The van der Waals surface area contributed by atoms with Crippen LogP contribution < -0.4 is 5.32 Å². The van der Waals surface area contributed by atoms with E-state index in [1.165, 1.54) is 12.0 Å². The molecule has 0 spiro atoms. The molecule has 1 N–H and O–H groups in total. The van der Waals surface area contributed by atoms with Crippen molar-refractivity contribution in [1.29, 1.82) is 0 Å². The SMILES string of the molecule is CCN(CC)CCC[C@@H](C)Nc1c(-c2ccccc2)cnc2cc(Cl)ccc12. The molecule has 4 heteroatoms. The zero-order valence-corrected chi connectivity index (χ0v) is 17.8. The third-order valence-electron chi connectivity index (χ3n) is 5.31.